The first-order valence-electron chi connectivity index (χ1n) is 10.7. The number of para-hydroxylation sites is 1. The molecule has 5 rings (SSSR count). The summed E-state index contributed by atoms with van der Waals surface area (Å²) >= 11 is 0. The molecule has 2 aromatic carbocycles. The zero-order valence-electron chi connectivity index (χ0n) is 17.6. The quantitative estimate of drug-likeness (QED) is 0.429. The average molecular weight is 453 g/mol. The largest absolute Gasteiger partial charge is 0.487 e. The molecule has 0 bridgehead atoms. The molecule has 2 aromatic heterocycles. The number of hydrogen-bond donors (Lipinski definition) is 2. The first-order chi connectivity index (χ1) is 16.1. The SMILES string of the molecule is Fc1ccc(OCC(F)F)c(-c2cccn3nc(NC4CCc5ccccc5NC4)nc23)c1. The Morgan fingerprint density at radius 2 is 2.00 bits per heavy atom. The maximum absolute atomic E-state index is 14.0. The molecule has 1 aliphatic rings. The molecule has 0 amide bonds. The summed E-state index contributed by atoms with van der Waals surface area (Å²) < 4.78 is 46.2. The number of fused-ring (bicyclic) bond motifs is 2. The van der Waals surface area contributed by atoms with E-state index >= 15 is 0 Å². The molecule has 0 saturated heterocycles. The van der Waals surface area contributed by atoms with Crippen LogP contribution in [0.4, 0.5) is 24.8 Å². The molecule has 2 N–H and O–H groups in total. The highest BCUT2D eigenvalue weighted by atomic mass is 19.3. The van der Waals surface area contributed by atoms with Gasteiger partial charge in [0.25, 0.3) is 6.43 Å². The second-order valence-corrected chi connectivity index (χ2v) is 7.89. The third kappa shape index (κ3) is 4.57. The molecule has 6 nitrogen and oxygen atoms in total. The number of benzene rings is 2. The molecule has 33 heavy (non-hydrogen) atoms. The number of rotatable bonds is 6. The lowest BCUT2D eigenvalue weighted by Gasteiger charge is -2.15. The standard InChI is InChI=1S/C24H22F3N5O/c25-16-8-10-21(33-14-22(26)27)19(12-16)18-5-3-11-32-23(18)30-24(31-32)29-17-9-7-15-4-1-2-6-20(15)28-13-17/h1-6,8,10-12,17,22,28H,7,9,13-14H2,(H,29,31). The summed E-state index contributed by atoms with van der Waals surface area (Å²) in [4.78, 5) is 4.62. The molecule has 0 saturated carbocycles. The first kappa shape index (κ1) is 21.1. The molecule has 0 fully saturated rings. The highest BCUT2D eigenvalue weighted by molar-refractivity contribution is 5.81. The summed E-state index contributed by atoms with van der Waals surface area (Å²) in [5, 5.41) is 11.3. The van der Waals surface area contributed by atoms with E-state index in [0.717, 1.165) is 25.1 Å². The highest BCUT2D eigenvalue weighted by Gasteiger charge is 2.19. The van der Waals surface area contributed by atoms with Gasteiger partial charge in [0, 0.05) is 35.6 Å². The van der Waals surface area contributed by atoms with Crippen molar-refractivity contribution >= 4 is 17.3 Å². The monoisotopic (exact) mass is 453 g/mol. The van der Waals surface area contributed by atoms with Crippen molar-refractivity contribution in [3.63, 3.8) is 0 Å². The minimum Gasteiger partial charge on any atom is -0.487 e. The second-order valence-electron chi connectivity index (χ2n) is 7.89. The van der Waals surface area contributed by atoms with Gasteiger partial charge in [-0.3, -0.25) is 0 Å². The Labute approximate surface area is 188 Å². The van der Waals surface area contributed by atoms with Gasteiger partial charge in [-0.1, -0.05) is 18.2 Å². The topological polar surface area (TPSA) is 63.5 Å². The Hall–Kier alpha value is -3.75. The average Bonchev–Trinajstić information content (AvgIpc) is 3.11. The van der Waals surface area contributed by atoms with E-state index in [0.29, 0.717) is 22.7 Å². The summed E-state index contributed by atoms with van der Waals surface area (Å²) in [5.74, 6) is 0.0954. The van der Waals surface area contributed by atoms with Crippen LogP contribution in [-0.2, 0) is 6.42 Å². The minimum atomic E-state index is -2.64. The van der Waals surface area contributed by atoms with Crippen LogP contribution in [0.3, 0.4) is 0 Å². The van der Waals surface area contributed by atoms with Crippen LogP contribution in [0, 0.1) is 5.82 Å². The summed E-state index contributed by atoms with van der Waals surface area (Å²) in [6.07, 6.45) is 0.925. The second kappa shape index (κ2) is 9.01. The van der Waals surface area contributed by atoms with Crippen molar-refractivity contribution in [3.05, 3.63) is 72.2 Å². The number of pyridine rings is 1. The smallest absolute Gasteiger partial charge is 0.272 e. The number of alkyl halides is 2. The Morgan fingerprint density at radius 1 is 1.12 bits per heavy atom. The van der Waals surface area contributed by atoms with Crippen LogP contribution in [0.2, 0.25) is 0 Å². The number of nitrogens with one attached hydrogen (secondary N) is 2. The van der Waals surface area contributed by atoms with Crippen LogP contribution in [0.1, 0.15) is 12.0 Å². The van der Waals surface area contributed by atoms with E-state index in [2.05, 4.69) is 32.8 Å². The fourth-order valence-corrected chi connectivity index (χ4v) is 4.05. The molecule has 1 aliphatic heterocycles. The van der Waals surface area contributed by atoms with Gasteiger partial charge in [0.2, 0.25) is 5.95 Å². The molecule has 0 aliphatic carbocycles. The van der Waals surface area contributed by atoms with Gasteiger partial charge in [0.15, 0.2) is 5.65 Å². The van der Waals surface area contributed by atoms with Crippen LogP contribution in [-0.4, -0.2) is 40.2 Å². The van der Waals surface area contributed by atoms with E-state index in [4.69, 9.17) is 4.74 Å². The molecule has 1 atom stereocenters. The Balaban J connectivity index is 1.42. The zero-order valence-corrected chi connectivity index (χ0v) is 17.6. The van der Waals surface area contributed by atoms with E-state index in [1.165, 1.54) is 23.8 Å². The van der Waals surface area contributed by atoms with Crippen molar-refractivity contribution in [1.82, 2.24) is 14.6 Å². The molecule has 1 unspecified atom stereocenters. The van der Waals surface area contributed by atoms with E-state index in [1.807, 2.05) is 12.1 Å². The predicted octanol–water partition coefficient (Wildman–Crippen LogP) is 5.02. The molecule has 0 spiro atoms. The maximum atomic E-state index is 14.0. The molecular formula is C24H22F3N5O. The summed E-state index contributed by atoms with van der Waals surface area (Å²) in [7, 11) is 0. The Bertz CT molecular complexity index is 1250. The lowest BCUT2D eigenvalue weighted by molar-refractivity contribution is 0.0821. The summed E-state index contributed by atoms with van der Waals surface area (Å²) in [5.41, 5.74) is 3.75. The van der Waals surface area contributed by atoms with Gasteiger partial charge in [-0.15, -0.1) is 5.10 Å². The Morgan fingerprint density at radius 3 is 2.88 bits per heavy atom. The van der Waals surface area contributed by atoms with Crippen molar-refractivity contribution in [2.75, 3.05) is 23.8 Å². The highest BCUT2D eigenvalue weighted by Crippen LogP contribution is 2.34. The zero-order chi connectivity index (χ0) is 22.8. The van der Waals surface area contributed by atoms with Crippen LogP contribution in [0.5, 0.6) is 5.75 Å². The lowest BCUT2D eigenvalue weighted by Crippen LogP contribution is -2.27. The maximum Gasteiger partial charge on any atom is 0.272 e. The predicted molar refractivity (Wildman–Crippen MR) is 121 cm³/mol. The van der Waals surface area contributed by atoms with Crippen molar-refractivity contribution in [2.24, 2.45) is 0 Å². The van der Waals surface area contributed by atoms with E-state index < -0.39 is 18.8 Å². The third-order valence-electron chi connectivity index (χ3n) is 5.61. The fraction of sp³-hybridized carbons (Fsp3) is 0.250. The Kier molecular flexibility index (Phi) is 5.77. The molecule has 0 radical (unpaired) electrons. The van der Waals surface area contributed by atoms with E-state index in [9.17, 15) is 13.2 Å². The number of ether oxygens (including phenoxy) is 1. The minimum absolute atomic E-state index is 0.109. The fourth-order valence-electron chi connectivity index (χ4n) is 4.05. The molecule has 4 aromatic rings. The van der Waals surface area contributed by atoms with Gasteiger partial charge >= 0.3 is 0 Å². The number of nitrogens with zero attached hydrogens (tertiary/aromatic N) is 3. The van der Waals surface area contributed by atoms with E-state index in [1.54, 1.807) is 22.8 Å². The van der Waals surface area contributed by atoms with Crippen LogP contribution in [0.15, 0.2) is 60.8 Å². The first-order valence-corrected chi connectivity index (χ1v) is 10.7. The van der Waals surface area contributed by atoms with Crippen LogP contribution >= 0.6 is 0 Å². The van der Waals surface area contributed by atoms with Gasteiger partial charge in [0.1, 0.15) is 18.2 Å². The van der Waals surface area contributed by atoms with Crippen molar-refractivity contribution < 1.29 is 17.9 Å². The van der Waals surface area contributed by atoms with Crippen molar-refractivity contribution in [2.45, 2.75) is 25.3 Å². The van der Waals surface area contributed by atoms with Gasteiger partial charge in [-0.2, -0.15) is 4.98 Å². The summed E-state index contributed by atoms with van der Waals surface area (Å²) in [6.45, 7) is -0.0623. The van der Waals surface area contributed by atoms with E-state index in [-0.39, 0.29) is 11.8 Å². The molecule has 170 valence electrons. The van der Waals surface area contributed by atoms with Gasteiger partial charge in [-0.05, 0) is 54.8 Å². The number of aromatic nitrogens is 3. The van der Waals surface area contributed by atoms with Crippen molar-refractivity contribution in [1.29, 1.82) is 0 Å². The van der Waals surface area contributed by atoms with Crippen LogP contribution < -0.4 is 15.4 Å². The molecule has 3 heterocycles. The number of aryl methyl sites for hydroxylation is 1. The van der Waals surface area contributed by atoms with Crippen LogP contribution in [0.25, 0.3) is 16.8 Å². The lowest BCUT2D eigenvalue weighted by atomic mass is 10.1. The number of hydrogen-bond acceptors (Lipinski definition) is 5. The molecular weight excluding hydrogens is 431 g/mol. The molecule has 9 heteroatoms. The normalized spacial score (nSPS) is 15.7. The number of halogens is 3. The van der Waals surface area contributed by atoms with Gasteiger partial charge in [-0.25, -0.2) is 17.7 Å². The van der Waals surface area contributed by atoms with Crippen molar-refractivity contribution in [3.8, 4) is 16.9 Å². The number of anilines is 2. The summed E-state index contributed by atoms with van der Waals surface area (Å²) in [6, 6.07) is 15.6. The van der Waals surface area contributed by atoms with Gasteiger partial charge < -0.3 is 15.4 Å². The van der Waals surface area contributed by atoms with Gasteiger partial charge in [0.05, 0.1) is 0 Å². The third-order valence-corrected chi connectivity index (χ3v) is 5.61.